The molecule has 2 aromatic carbocycles. The molecule has 0 bridgehead atoms. The minimum absolute atomic E-state index is 0.170. The largest absolute Gasteiger partial charge is 0.493 e. The first-order valence-corrected chi connectivity index (χ1v) is 7.85. The fourth-order valence-electron chi connectivity index (χ4n) is 2.25. The van der Waals surface area contributed by atoms with E-state index in [4.69, 9.17) is 9.47 Å². The minimum atomic E-state index is -0.170. The van der Waals surface area contributed by atoms with Gasteiger partial charge in [0.25, 0.3) is 5.91 Å². The van der Waals surface area contributed by atoms with E-state index in [1.54, 1.807) is 26.4 Å². The second kappa shape index (κ2) is 7.00. The summed E-state index contributed by atoms with van der Waals surface area (Å²) in [5.74, 6) is 1.00. The van der Waals surface area contributed by atoms with Crippen LogP contribution in [0.1, 0.15) is 21.5 Å². The summed E-state index contributed by atoms with van der Waals surface area (Å²) in [5.41, 5.74) is 3.44. The van der Waals surface area contributed by atoms with E-state index in [2.05, 4.69) is 27.9 Å². The Bertz CT molecular complexity index is 693. The summed E-state index contributed by atoms with van der Waals surface area (Å²) in [6.45, 7) is 3.95. The fraction of sp³-hybridized carbons (Fsp3) is 0.235. The van der Waals surface area contributed by atoms with E-state index in [9.17, 15) is 4.79 Å². The SMILES string of the molecule is COc1cc(C(=O)Nc2c(C)cccc2C)cc(I)c1OC. The first kappa shape index (κ1) is 16.6. The number of benzene rings is 2. The zero-order valence-electron chi connectivity index (χ0n) is 13.0. The van der Waals surface area contributed by atoms with E-state index >= 15 is 0 Å². The summed E-state index contributed by atoms with van der Waals surface area (Å²) in [7, 11) is 3.14. The molecule has 2 rings (SSSR count). The Hall–Kier alpha value is -1.76. The van der Waals surface area contributed by atoms with Gasteiger partial charge in [-0.2, -0.15) is 0 Å². The van der Waals surface area contributed by atoms with Crippen LogP contribution in [0, 0.1) is 17.4 Å². The zero-order valence-corrected chi connectivity index (χ0v) is 15.1. The quantitative estimate of drug-likeness (QED) is 0.769. The third-order valence-electron chi connectivity index (χ3n) is 3.42. The molecule has 2 aromatic rings. The molecule has 0 fully saturated rings. The first-order valence-electron chi connectivity index (χ1n) is 6.77. The predicted molar refractivity (Wildman–Crippen MR) is 96.1 cm³/mol. The Balaban J connectivity index is 2.36. The highest BCUT2D eigenvalue weighted by molar-refractivity contribution is 14.1. The van der Waals surface area contributed by atoms with Crippen LogP contribution in [0.5, 0.6) is 11.5 Å². The molecule has 0 aliphatic rings. The lowest BCUT2D eigenvalue weighted by atomic mass is 10.1. The van der Waals surface area contributed by atoms with Crippen molar-refractivity contribution in [3.05, 3.63) is 50.6 Å². The number of methoxy groups -OCH3 is 2. The summed E-state index contributed by atoms with van der Waals surface area (Å²) in [6, 6.07) is 9.39. The Kier molecular flexibility index (Phi) is 5.28. The van der Waals surface area contributed by atoms with Crippen molar-refractivity contribution in [2.45, 2.75) is 13.8 Å². The van der Waals surface area contributed by atoms with Gasteiger partial charge < -0.3 is 14.8 Å². The third-order valence-corrected chi connectivity index (χ3v) is 4.22. The van der Waals surface area contributed by atoms with Gasteiger partial charge in [0.15, 0.2) is 11.5 Å². The van der Waals surface area contributed by atoms with Crippen molar-refractivity contribution in [3.63, 3.8) is 0 Å². The van der Waals surface area contributed by atoms with Gasteiger partial charge in [0.2, 0.25) is 0 Å². The number of amides is 1. The average molecular weight is 411 g/mol. The zero-order chi connectivity index (χ0) is 16.3. The molecule has 0 unspecified atom stereocenters. The second-order valence-electron chi connectivity index (χ2n) is 4.91. The van der Waals surface area contributed by atoms with Crippen LogP contribution in [0.4, 0.5) is 5.69 Å². The van der Waals surface area contributed by atoms with Crippen molar-refractivity contribution >= 4 is 34.2 Å². The van der Waals surface area contributed by atoms with Crippen molar-refractivity contribution in [1.82, 2.24) is 0 Å². The molecule has 0 spiro atoms. The third kappa shape index (κ3) is 3.35. The van der Waals surface area contributed by atoms with Gasteiger partial charge >= 0.3 is 0 Å². The lowest BCUT2D eigenvalue weighted by molar-refractivity contribution is 0.102. The molecule has 116 valence electrons. The number of carbonyl (C=O) groups is 1. The Labute approximate surface area is 144 Å². The predicted octanol–water partition coefficient (Wildman–Crippen LogP) is 4.18. The van der Waals surface area contributed by atoms with Crippen molar-refractivity contribution in [2.75, 3.05) is 19.5 Å². The molecule has 0 saturated carbocycles. The highest BCUT2D eigenvalue weighted by Gasteiger charge is 2.16. The van der Waals surface area contributed by atoms with Crippen LogP contribution in [-0.2, 0) is 0 Å². The second-order valence-corrected chi connectivity index (χ2v) is 6.08. The standard InChI is InChI=1S/C17H18INO3/c1-10-6-5-7-11(2)15(10)19-17(20)12-8-13(18)16(22-4)14(9-12)21-3/h5-9H,1-4H3,(H,19,20). The van der Waals surface area contributed by atoms with Crippen molar-refractivity contribution in [2.24, 2.45) is 0 Å². The maximum Gasteiger partial charge on any atom is 0.255 e. The topological polar surface area (TPSA) is 47.6 Å². The first-order chi connectivity index (χ1) is 10.5. The Morgan fingerprint density at radius 2 is 1.73 bits per heavy atom. The molecule has 0 atom stereocenters. The van der Waals surface area contributed by atoms with Crippen LogP contribution in [0.3, 0.4) is 0 Å². The number of rotatable bonds is 4. The molecule has 0 saturated heterocycles. The Morgan fingerprint density at radius 1 is 1.09 bits per heavy atom. The van der Waals surface area contributed by atoms with Crippen LogP contribution in [0.15, 0.2) is 30.3 Å². The van der Waals surface area contributed by atoms with Crippen LogP contribution in [0.2, 0.25) is 0 Å². The molecular weight excluding hydrogens is 393 g/mol. The molecule has 22 heavy (non-hydrogen) atoms. The van der Waals surface area contributed by atoms with Gasteiger partial charge in [-0.1, -0.05) is 18.2 Å². The van der Waals surface area contributed by atoms with Gasteiger partial charge in [-0.25, -0.2) is 0 Å². The van der Waals surface area contributed by atoms with Gasteiger partial charge in [-0.3, -0.25) is 4.79 Å². The molecule has 1 N–H and O–H groups in total. The number of hydrogen-bond acceptors (Lipinski definition) is 3. The normalized spacial score (nSPS) is 10.2. The van der Waals surface area contributed by atoms with Crippen LogP contribution in [0.25, 0.3) is 0 Å². The number of halogens is 1. The van der Waals surface area contributed by atoms with Gasteiger partial charge in [0.1, 0.15) is 0 Å². The van der Waals surface area contributed by atoms with E-state index < -0.39 is 0 Å². The number of nitrogens with one attached hydrogen (secondary N) is 1. The number of anilines is 1. The van der Waals surface area contributed by atoms with Gasteiger partial charge in [0, 0.05) is 11.3 Å². The molecule has 0 aliphatic heterocycles. The number of para-hydroxylation sites is 1. The number of ether oxygens (including phenoxy) is 2. The summed E-state index contributed by atoms with van der Waals surface area (Å²) in [5, 5.41) is 2.97. The maximum absolute atomic E-state index is 12.5. The molecule has 5 heteroatoms. The molecular formula is C17H18INO3. The van der Waals surface area contributed by atoms with Gasteiger partial charge in [0.05, 0.1) is 17.8 Å². The van der Waals surface area contributed by atoms with Crippen LogP contribution >= 0.6 is 22.6 Å². The maximum atomic E-state index is 12.5. The van der Waals surface area contributed by atoms with Gasteiger partial charge in [-0.05, 0) is 59.7 Å². The van der Waals surface area contributed by atoms with E-state index in [1.807, 2.05) is 32.0 Å². The van der Waals surface area contributed by atoms with Crippen molar-refractivity contribution < 1.29 is 14.3 Å². The minimum Gasteiger partial charge on any atom is -0.493 e. The van der Waals surface area contributed by atoms with Crippen molar-refractivity contribution in [1.29, 1.82) is 0 Å². The van der Waals surface area contributed by atoms with Gasteiger partial charge in [-0.15, -0.1) is 0 Å². The summed E-state index contributed by atoms with van der Waals surface area (Å²) >= 11 is 2.13. The molecule has 1 amide bonds. The monoisotopic (exact) mass is 411 g/mol. The average Bonchev–Trinajstić information content (AvgIpc) is 2.49. The van der Waals surface area contributed by atoms with E-state index in [-0.39, 0.29) is 5.91 Å². The molecule has 0 aromatic heterocycles. The molecule has 0 radical (unpaired) electrons. The smallest absolute Gasteiger partial charge is 0.255 e. The number of hydrogen-bond donors (Lipinski definition) is 1. The highest BCUT2D eigenvalue weighted by Crippen LogP contribution is 2.34. The lowest BCUT2D eigenvalue weighted by Crippen LogP contribution is -2.14. The summed E-state index contributed by atoms with van der Waals surface area (Å²) in [4.78, 5) is 12.5. The molecule has 0 heterocycles. The van der Waals surface area contributed by atoms with E-state index in [0.29, 0.717) is 17.1 Å². The summed E-state index contributed by atoms with van der Waals surface area (Å²) in [6.07, 6.45) is 0. The Morgan fingerprint density at radius 3 is 2.27 bits per heavy atom. The summed E-state index contributed by atoms with van der Waals surface area (Å²) < 4.78 is 11.4. The number of aryl methyl sites for hydroxylation is 2. The van der Waals surface area contributed by atoms with Crippen LogP contribution in [-0.4, -0.2) is 20.1 Å². The number of carbonyl (C=O) groups excluding carboxylic acids is 1. The highest BCUT2D eigenvalue weighted by atomic mass is 127. The van der Waals surface area contributed by atoms with Crippen molar-refractivity contribution in [3.8, 4) is 11.5 Å². The van der Waals surface area contributed by atoms with E-state index in [1.165, 1.54) is 0 Å². The molecule has 0 aliphatic carbocycles. The fourth-order valence-corrected chi connectivity index (χ4v) is 3.07. The molecule has 4 nitrogen and oxygen atoms in total. The van der Waals surface area contributed by atoms with E-state index in [0.717, 1.165) is 20.4 Å². The lowest BCUT2D eigenvalue weighted by Gasteiger charge is -2.14. The van der Waals surface area contributed by atoms with Crippen LogP contribution < -0.4 is 14.8 Å².